The molecule has 10 heteroatoms. The van der Waals surface area contributed by atoms with Crippen LogP contribution in [0.25, 0.3) is 21.9 Å². The summed E-state index contributed by atoms with van der Waals surface area (Å²) >= 11 is 0. The molecule has 1 aliphatic rings. The van der Waals surface area contributed by atoms with Gasteiger partial charge < -0.3 is 14.4 Å². The Morgan fingerprint density at radius 3 is 2.40 bits per heavy atom. The molecule has 154 valence electrons. The molecule has 0 spiro atoms. The van der Waals surface area contributed by atoms with E-state index in [-0.39, 0.29) is 11.1 Å². The number of rotatable bonds is 2. The highest BCUT2D eigenvalue weighted by atomic mass is 16.1. The molecule has 30 heavy (non-hydrogen) atoms. The normalized spacial score (nSPS) is 14.8. The Hall–Kier alpha value is -3.69. The average Bonchev–Trinajstić information content (AvgIpc) is 3.14. The maximum atomic E-state index is 12.7. The molecule has 4 heterocycles. The highest BCUT2D eigenvalue weighted by molar-refractivity contribution is 5.81. The molecule has 1 saturated heterocycles. The Labute approximate surface area is 171 Å². The van der Waals surface area contributed by atoms with Crippen molar-refractivity contribution < 1.29 is 0 Å². The summed E-state index contributed by atoms with van der Waals surface area (Å²) < 4.78 is 4.69. The van der Waals surface area contributed by atoms with E-state index in [4.69, 9.17) is 0 Å². The van der Waals surface area contributed by atoms with Gasteiger partial charge in [0.25, 0.3) is 11.1 Å². The van der Waals surface area contributed by atoms with Crippen molar-refractivity contribution >= 4 is 33.6 Å². The lowest BCUT2D eigenvalue weighted by molar-refractivity contribution is 0.623. The largest absolute Gasteiger partial charge is 0.368 e. The van der Waals surface area contributed by atoms with Crippen molar-refractivity contribution in [2.24, 2.45) is 21.1 Å². The Kier molecular flexibility index (Phi) is 4.09. The topological polar surface area (TPSA) is 94.1 Å². The van der Waals surface area contributed by atoms with Crippen LogP contribution in [0, 0.1) is 0 Å². The number of aryl methyl sites for hydroxylation is 2. The molecule has 0 bridgehead atoms. The highest BCUT2D eigenvalue weighted by Gasteiger charge is 2.22. The number of piperazine rings is 1. The molecule has 10 nitrogen and oxygen atoms in total. The third-order valence-corrected chi connectivity index (χ3v) is 5.68. The summed E-state index contributed by atoms with van der Waals surface area (Å²) in [5.41, 5.74) is 2.06. The van der Waals surface area contributed by atoms with E-state index in [2.05, 4.69) is 24.9 Å². The smallest absolute Gasteiger partial charge is 0.265 e. The molecule has 0 saturated carbocycles. The van der Waals surface area contributed by atoms with Crippen LogP contribution in [0.4, 0.5) is 11.6 Å². The van der Waals surface area contributed by atoms with Gasteiger partial charge in [-0.1, -0.05) is 0 Å². The number of anilines is 2. The van der Waals surface area contributed by atoms with Crippen molar-refractivity contribution in [1.29, 1.82) is 0 Å². The summed E-state index contributed by atoms with van der Waals surface area (Å²) in [5, 5.41) is 5.44. The summed E-state index contributed by atoms with van der Waals surface area (Å²) in [4.78, 5) is 38.3. The Bertz CT molecular complexity index is 1390. The minimum absolute atomic E-state index is 0.0479. The zero-order chi connectivity index (χ0) is 21.0. The quantitative estimate of drug-likeness (QED) is 0.471. The maximum absolute atomic E-state index is 12.7. The van der Waals surface area contributed by atoms with Gasteiger partial charge in [-0.05, 0) is 18.2 Å². The van der Waals surface area contributed by atoms with Crippen LogP contribution >= 0.6 is 0 Å². The van der Waals surface area contributed by atoms with E-state index in [9.17, 15) is 9.59 Å². The number of benzene rings is 1. The van der Waals surface area contributed by atoms with Gasteiger partial charge in [0.05, 0.1) is 17.2 Å². The molecule has 0 aliphatic carbocycles. The van der Waals surface area contributed by atoms with Crippen LogP contribution in [0.15, 0.2) is 40.3 Å². The standard InChI is InChI=1S/C20H22N8O2/c1-24-12-21-16-10-13(4-5-14(16)18(24)29)27-6-8-28(9-7-27)20-22-17-15(11-25(2)23-17)19(30)26(20)3/h4-5,10-12H,6-9H2,1-3H3. The zero-order valence-electron chi connectivity index (χ0n) is 17.1. The molecule has 5 rings (SSSR count). The van der Waals surface area contributed by atoms with Crippen LogP contribution in [0.1, 0.15) is 0 Å². The molecule has 0 atom stereocenters. The number of fused-ring (bicyclic) bond motifs is 2. The maximum Gasteiger partial charge on any atom is 0.265 e. The zero-order valence-corrected chi connectivity index (χ0v) is 17.1. The van der Waals surface area contributed by atoms with Crippen molar-refractivity contribution in [3.63, 3.8) is 0 Å². The van der Waals surface area contributed by atoms with Crippen molar-refractivity contribution in [3.05, 3.63) is 51.4 Å². The SMILES string of the molecule is Cn1cc2c(=O)n(C)c(N3CCN(c4ccc5c(=O)n(C)cnc5c4)CC3)nc2n1. The van der Waals surface area contributed by atoms with E-state index in [1.807, 2.05) is 18.2 Å². The van der Waals surface area contributed by atoms with Crippen LogP contribution in [-0.2, 0) is 21.1 Å². The summed E-state index contributed by atoms with van der Waals surface area (Å²) in [6.07, 6.45) is 3.25. The first-order valence-corrected chi connectivity index (χ1v) is 9.78. The van der Waals surface area contributed by atoms with Gasteiger partial charge in [0.1, 0.15) is 5.39 Å². The van der Waals surface area contributed by atoms with Crippen LogP contribution in [0.2, 0.25) is 0 Å². The Morgan fingerprint density at radius 1 is 0.900 bits per heavy atom. The minimum atomic E-state index is -0.0901. The lowest BCUT2D eigenvalue weighted by Gasteiger charge is -2.37. The first-order valence-electron chi connectivity index (χ1n) is 9.78. The molecule has 1 aliphatic heterocycles. The van der Waals surface area contributed by atoms with Gasteiger partial charge in [0.2, 0.25) is 5.95 Å². The van der Waals surface area contributed by atoms with E-state index in [0.717, 1.165) is 31.9 Å². The van der Waals surface area contributed by atoms with Crippen molar-refractivity contribution in [3.8, 4) is 0 Å². The predicted octanol–water partition coefficient (Wildman–Crippen LogP) is 0.241. The molecular weight excluding hydrogens is 384 g/mol. The van der Waals surface area contributed by atoms with Gasteiger partial charge in [0.15, 0.2) is 5.65 Å². The van der Waals surface area contributed by atoms with Gasteiger partial charge in [-0.2, -0.15) is 10.1 Å². The van der Waals surface area contributed by atoms with Crippen molar-refractivity contribution in [2.75, 3.05) is 36.0 Å². The lowest BCUT2D eigenvalue weighted by Crippen LogP contribution is -2.48. The fourth-order valence-corrected chi connectivity index (χ4v) is 3.99. The van der Waals surface area contributed by atoms with Crippen molar-refractivity contribution in [1.82, 2.24) is 28.9 Å². The molecule has 1 aromatic carbocycles. The monoisotopic (exact) mass is 406 g/mol. The van der Waals surface area contributed by atoms with Gasteiger partial charge in [0, 0.05) is 59.2 Å². The third kappa shape index (κ3) is 2.83. The fourth-order valence-electron chi connectivity index (χ4n) is 3.99. The molecular formula is C20H22N8O2. The van der Waals surface area contributed by atoms with Gasteiger partial charge in [-0.25, -0.2) is 4.98 Å². The Balaban J connectivity index is 1.40. The summed E-state index contributed by atoms with van der Waals surface area (Å²) in [7, 11) is 5.23. The van der Waals surface area contributed by atoms with Crippen LogP contribution < -0.4 is 20.9 Å². The number of aromatic nitrogens is 6. The highest BCUT2D eigenvalue weighted by Crippen LogP contribution is 2.22. The average molecular weight is 406 g/mol. The molecule has 0 unspecified atom stereocenters. The number of hydrogen-bond acceptors (Lipinski definition) is 7. The molecule has 0 N–H and O–H groups in total. The van der Waals surface area contributed by atoms with Gasteiger partial charge in [-0.15, -0.1) is 0 Å². The van der Waals surface area contributed by atoms with E-state index in [1.54, 1.807) is 42.9 Å². The van der Waals surface area contributed by atoms with E-state index >= 15 is 0 Å². The van der Waals surface area contributed by atoms with E-state index in [0.29, 0.717) is 27.9 Å². The van der Waals surface area contributed by atoms with Crippen LogP contribution in [0.3, 0.4) is 0 Å². The molecule has 3 aromatic heterocycles. The first-order chi connectivity index (χ1) is 14.4. The second-order valence-corrected chi connectivity index (χ2v) is 7.65. The Morgan fingerprint density at radius 2 is 1.63 bits per heavy atom. The van der Waals surface area contributed by atoms with Crippen LogP contribution in [-0.4, -0.2) is 55.1 Å². The predicted molar refractivity (Wildman–Crippen MR) is 115 cm³/mol. The third-order valence-electron chi connectivity index (χ3n) is 5.68. The summed E-state index contributed by atoms with van der Waals surface area (Å²) in [5.74, 6) is 0.634. The fraction of sp³-hybridized carbons (Fsp3) is 0.350. The molecule has 0 radical (unpaired) electrons. The summed E-state index contributed by atoms with van der Waals surface area (Å²) in [6.45, 7) is 2.99. The van der Waals surface area contributed by atoms with E-state index < -0.39 is 0 Å². The van der Waals surface area contributed by atoms with Crippen LogP contribution in [0.5, 0.6) is 0 Å². The molecule has 0 amide bonds. The van der Waals surface area contributed by atoms with Gasteiger partial charge >= 0.3 is 0 Å². The van der Waals surface area contributed by atoms with Crippen molar-refractivity contribution in [2.45, 2.75) is 0 Å². The van der Waals surface area contributed by atoms with E-state index in [1.165, 1.54) is 4.57 Å². The minimum Gasteiger partial charge on any atom is -0.368 e. The molecule has 1 fully saturated rings. The van der Waals surface area contributed by atoms with Gasteiger partial charge in [-0.3, -0.25) is 18.8 Å². The summed E-state index contributed by atoms with van der Waals surface area (Å²) in [6, 6.07) is 5.77. The second kappa shape index (κ2) is 6.68. The first kappa shape index (κ1) is 18.3. The number of hydrogen-bond donors (Lipinski definition) is 0. The number of nitrogens with zero attached hydrogens (tertiary/aromatic N) is 8. The lowest BCUT2D eigenvalue weighted by atomic mass is 10.2. The molecule has 4 aromatic rings. The second-order valence-electron chi connectivity index (χ2n) is 7.65.